The van der Waals surface area contributed by atoms with E-state index in [-0.39, 0.29) is 12.7 Å². The maximum absolute atomic E-state index is 14.8. The predicted octanol–water partition coefficient (Wildman–Crippen LogP) is 17.2. The Labute approximate surface area is 537 Å². The Hall–Kier alpha value is -10.5. The van der Waals surface area contributed by atoms with E-state index in [1.165, 1.54) is 27.8 Å². The molecule has 0 saturated heterocycles. The quantitative estimate of drug-likeness (QED) is 0.0801. The molecule has 8 heterocycles. The molecule has 0 spiro atoms. The third kappa shape index (κ3) is 11.9. The second kappa shape index (κ2) is 25.0. The lowest BCUT2D eigenvalue weighted by molar-refractivity contribution is 0.0510. The molecular weight excluding hydrogens is 1140 g/mol. The summed E-state index contributed by atoms with van der Waals surface area (Å²) in [5, 5.41) is 3.33. The summed E-state index contributed by atoms with van der Waals surface area (Å²) in [5.74, 6) is 1.29. The van der Waals surface area contributed by atoms with Gasteiger partial charge in [0.1, 0.15) is 11.6 Å². The van der Waals surface area contributed by atoms with Crippen LogP contribution in [0.25, 0.3) is 96.6 Å². The summed E-state index contributed by atoms with van der Waals surface area (Å²) in [4.78, 5) is 50.7. The monoisotopic (exact) mass is 1210 g/mol. The fourth-order valence-electron chi connectivity index (χ4n) is 13.7. The Bertz CT molecular complexity index is 4850. The van der Waals surface area contributed by atoms with Gasteiger partial charge >= 0.3 is 0 Å². The SMILES string of the molecule is COCOc1cc(C)ccc1-n1cnc(CN(Cc2ccc(C(=O)Nc3ccccc3-c3c4nc(c(-c5c(C)cc(C)cc5C)c5ccc([nH]5)c(-c5c(C)cc(C)cc5C)c5nc(c(-c6c(C)cc(C)cc6C)c6ccc3[nH]6)C=C5)C=C4)cn2)Cc2nccn2C)c1. The van der Waals surface area contributed by atoms with E-state index >= 15 is 0 Å². The van der Waals surface area contributed by atoms with E-state index in [4.69, 9.17) is 29.4 Å². The van der Waals surface area contributed by atoms with Gasteiger partial charge in [0.05, 0.1) is 58.3 Å². The molecule has 3 N–H and O–H groups in total. The van der Waals surface area contributed by atoms with Crippen LogP contribution in [-0.2, 0) is 31.4 Å². The number of aromatic nitrogens is 9. The van der Waals surface area contributed by atoms with Crippen LogP contribution in [0.2, 0.25) is 0 Å². The van der Waals surface area contributed by atoms with Crippen LogP contribution in [-0.4, -0.2) is 68.7 Å². The van der Waals surface area contributed by atoms with E-state index in [1.807, 2.05) is 84.0 Å². The van der Waals surface area contributed by atoms with Crippen molar-refractivity contribution in [3.63, 3.8) is 0 Å². The number of pyridine rings is 1. The molecule has 14 heteroatoms. The van der Waals surface area contributed by atoms with E-state index < -0.39 is 0 Å². The molecule has 8 bridgehead atoms. The maximum Gasteiger partial charge on any atom is 0.257 e. The van der Waals surface area contributed by atoms with Crippen LogP contribution in [0.1, 0.15) is 106 Å². The number of rotatable bonds is 16. The first kappa shape index (κ1) is 60.4. The Morgan fingerprint density at radius 3 is 1.54 bits per heavy atom. The van der Waals surface area contributed by atoms with Crippen molar-refractivity contribution in [2.75, 3.05) is 19.2 Å². The number of para-hydroxylation sites is 1. The Morgan fingerprint density at radius 2 is 1.04 bits per heavy atom. The van der Waals surface area contributed by atoms with Gasteiger partial charge in [0.2, 0.25) is 0 Å². The van der Waals surface area contributed by atoms with E-state index in [9.17, 15) is 4.79 Å². The topological polar surface area (TPSA) is 157 Å². The molecule has 460 valence electrons. The van der Waals surface area contributed by atoms with Crippen molar-refractivity contribution in [1.82, 2.24) is 48.9 Å². The second-order valence-electron chi connectivity index (χ2n) is 24.8. The first-order valence-corrected chi connectivity index (χ1v) is 31.2. The molecule has 11 aromatic rings. The minimum absolute atomic E-state index is 0.129. The summed E-state index contributed by atoms with van der Waals surface area (Å²) >= 11 is 0. The van der Waals surface area contributed by atoms with Crippen molar-refractivity contribution < 1.29 is 14.3 Å². The summed E-state index contributed by atoms with van der Waals surface area (Å²) in [6.45, 7) is 23.3. The van der Waals surface area contributed by atoms with Gasteiger partial charge in [-0.25, -0.2) is 19.9 Å². The van der Waals surface area contributed by atoms with Gasteiger partial charge < -0.3 is 33.9 Å². The van der Waals surface area contributed by atoms with E-state index in [0.29, 0.717) is 36.6 Å². The van der Waals surface area contributed by atoms with Gasteiger partial charge in [-0.1, -0.05) is 77.4 Å². The molecule has 14 nitrogen and oxygen atoms in total. The zero-order chi connectivity index (χ0) is 64.1. The molecule has 0 fully saturated rings. The average Bonchev–Trinajstić information content (AvgIpc) is 1.67. The highest BCUT2D eigenvalue weighted by Gasteiger charge is 2.25. The second-order valence-corrected chi connectivity index (χ2v) is 24.8. The molecule has 5 aromatic carbocycles. The van der Waals surface area contributed by atoms with Gasteiger partial charge in [0.15, 0.2) is 6.79 Å². The van der Waals surface area contributed by atoms with Gasteiger partial charge in [-0.2, -0.15) is 0 Å². The number of H-pyrrole nitrogens is 2. The lowest BCUT2D eigenvalue weighted by Crippen LogP contribution is -2.25. The summed E-state index contributed by atoms with van der Waals surface area (Å²) in [6, 6.07) is 40.0. The molecule has 0 unspecified atom stereocenters. The summed E-state index contributed by atoms with van der Waals surface area (Å²) < 4.78 is 15.2. The number of amides is 1. The minimum Gasteiger partial charge on any atom is -0.465 e. The number of fused-ring (bicyclic) bond motifs is 8. The van der Waals surface area contributed by atoms with Crippen molar-refractivity contribution in [3.05, 3.63) is 248 Å². The molecule has 2 aliphatic rings. The van der Waals surface area contributed by atoms with E-state index in [1.54, 1.807) is 25.8 Å². The Balaban J connectivity index is 0.929. The lowest BCUT2D eigenvalue weighted by atomic mass is 9.92. The fourth-order valence-corrected chi connectivity index (χ4v) is 13.7. The lowest BCUT2D eigenvalue weighted by Gasteiger charge is -2.21. The Kier molecular flexibility index (Phi) is 16.4. The standard InChI is InChI=1S/C78H75N11O3/c1-45-17-28-68(69(37-45)92-44-91-12)89-41-57(81-43-89)40-88(42-70-79-29-30-87(70)11)39-56-19-18-55(38-80-56)78(90)86-59-16-14-13-15-58(59)74-60-20-22-62(82-60)75(71-49(5)31-46(2)32-50(71)6)64-24-26-66(84-64)77(73-53(9)35-48(4)36-54(73)10)67-27-25-65(85-67)76(63-23-21-61(74)83-63)72-51(7)33-47(3)34-52(72)8/h13-38,41,43,82,85H,39-40,42,44H2,1-12H3,(H,86,90). The number of imidazole rings is 2. The molecule has 92 heavy (non-hydrogen) atoms. The van der Waals surface area contributed by atoms with Crippen molar-refractivity contribution in [3.8, 4) is 55.9 Å². The molecular formula is C78H75N11O3. The third-order valence-corrected chi connectivity index (χ3v) is 17.5. The zero-order valence-electron chi connectivity index (χ0n) is 54.3. The number of carbonyl (C=O) groups excluding carboxylic acids is 1. The highest BCUT2D eigenvalue weighted by molar-refractivity contribution is 6.08. The van der Waals surface area contributed by atoms with Crippen LogP contribution in [0.4, 0.5) is 5.69 Å². The van der Waals surface area contributed by atoms with Crippen LogP contribution in [0, 0.1) is 69.2 Å². The molecule has 6 aromatic heterocycles. The fraction of sp³-hybridized carbons (Fsp3) is 0.205. The summed E-state index contributed by atoms with van der Waals surface area (Å²) in [6.07, 6.45) is 17.8. The predicted molar refractivity (Wildman–Crippen MR) is 372 cm³/mol. The highest BCUT2D eigenvalue weighted by Crippen LogP contribution is 2.43. The molecule has 0 aliphatic carbocycles. The Morgan fingerprint density at radius 1 is 0.533 bits per heavy atom. The molecule has 2 aliphatic heterocycles. The van der Waals surface area contributed by atoms with Gasteiger partial charge in [0.25, 0.3) is 5.91 Å². The maximum atomic E-state index is 14.8. The summed E-state index contributed by atoms with van der Waals surface area (Å²) in [5.41, 5.74) is 30.0. The number of carbonyl (C=O) groups is 1. The molecule has 1 amide bonds. The molecule has 0 radical (unpaired) electrons. The van der Waals surface area contributed by atoms with Gasteiger partial charge in [-0.3, -0.25) is 14.7 Å². The highest BCUT2D eigenvalue weighted by atomic mass is 16.7. The van der Waals surface area contributed by atoms with Crippen LogP contribution >= 0.6 is 0 Å². The number of methoxy groups -OCH3 is 1. The summed E-state index contributed by atoms with van der Waals surface area (Å²) in [7, 11) is 3.60. The smallest absolute Gasteiger partial charge is 0.257 e. The molecule has 13 rings (SSSR count). The number of nitrogens with zero attached hydrogens (tertiary/aromatic N) is 8. The number of aromatic amines is 2. The first-order valence-electron chi connectivity index (χ1n) is 31.2. The number of hydrogen-bond acceptors (Lipinski definition) is 9. The van der Waals surface area contributed by atoms with Gasteiger partial charge in [0, 0.05) is 108 Å². The number of benzene rings is 5. The van der Waals surface area contributed by atoms with Crippen molar-refractivity contribution >= 4 is 58.0 Å². The normalized spacial score (nSPS) is 12.0. The van der Waals surface area contributed by atoms with E-state index in [0.717, 1.165) is 140 Å². The van der Waals surface area contributed by atoms with Gasteiger partial charge in [-0.15, -0.1) is 0 Å². The van der Waals surface area contributed by atoms with Crippen LogP contribution < -0.4 is 10.1 Å². The number of anilines is 1. The van der Waals surface area contributed by atoms with Crippen molar-refractivity contribution in [2.24, 2.45) is 7.05 Å². The number of hydrogen-bond donors (Lipinski definition) is 3. The van der Waals surface area contributed by atoms with Crippen molar-refractivity contribution in [2.45, 2.75) is 88.9 Å². The minimum atomic E-state index is -0.302. The zero-order valence-corrected chi connectivity index (χ0v) is 54.3. The van der Waals surface area contributed by atoms with Crippen molar-refractivity contribution in [1.29, 1.82) is 0 Å². The van der Waals surface area contributed by atoms with Gasteiger partial charge in [-0.05, 0) is 204 Å². The average molecular weight is 1210 g/mol. The number of ether oxygens (including phenoxy) is 2. The van der Waals surface area contributed by atoms with Crippen LogP contribution in [0.15, 0.2) is 146 Å². The molecule has 0 atom stereocenters. The van der Waals surface area contributed by atoms with Crippen LogP contribution in [0.3, 0.4) is 0 Å². The third-order valence-electron chi connectivity index (χ3n) is 17.5. The largest absolute Gasteiger partial charge is 0.465 e. The number of aryl methyl sites for hydroxylation is 11. The van der Waals surface area contributed by atoms with E-state index in [2.05, 4.69) is 179 Å². The first-order chi connectivity index (χ1) is 44.4. The molecule has 0 saturated carbocycles. The number of nitrogens with one attached hydrogen (secondary N) is 3. The van der Waals surface area contributed by atoms with Crippen LogP contribution in [0.5, 0.6) is 5.75 Å².